The summed E-state index contributed by atoms with van der Waals surface area (Å²) in [6, 6.07) is 3.78. The highest BCUT2D eigenvalue weighted by Crippen LogP contribution is 2.38. The molecule has 0 atom stereocenters. The number of ether oxygens (including phenoxy) is 2. The fraction of sp³-hybridized carbons (Fsp3) is 0.500. The number of fused-ring (bicyclic) bond motifs is 1. The molecule has 1 aromatic heterocycles. The molecule has 3 rings (SSSR count). The lowest BCUT2D eigenvalue weighted by molar-refractivity contribution is 0.240. The van der Waals surface area contributed by atoms with Gasteiger partial charge in [-0.1, -0.05) is 38.4 Å². The van der Waals surface area contributed by atoms with Gasteiger partial charge in [-0.15, -0.1) is 0 Å². The molecule has 1 aromatic carbocycles. The smallest absolute Gasteiger partial charge is 0.255 e. The molecule has 2 heterocycles. The van der Waals surface area contributed by atoms with Crippen LogP contribution in [0, 0.1) is 0 Å². The van der Waals surface area contributed by atoms with Gasteiger partial charge in [0.15, 0.2) is 11.5 Å². The first-order valence-electron chi connectivity index (χ1n) is 8.99. The average molecular weight is 392 g/mol. The van der Waals surface area contributed by atoms with Gasteiger partial charge in [-0.25, -0.2) is 4.98 Å². The molecule has 0 fully saturated rings. The molecule has 0 saturated carbocycles. The lowest BCUT2D eigenvalue weighted by Crippen LogP contribution is -2.37. The van der Waals surface area contributed by atoms with Gasteiger partial charge in [0.1, 0.15) is 5.82 Å². The summed E-state index contributed by atoms with van der Waals surface area (Å²) in [4.78, 5) is 22.5. The Morgan fingerprint density at radius 3 is 2.63 bits per heavy atom. The third kappa shape index (κ3) is 3.96. The summed E-state index contributed by atoms with van der Waals surface area (Å²) in [6.07, 6.45) is 0.743. The first kappa shape index (κ1) is 19.7. The van der Waals surface area contributed by atoms with Gasteiger partial charge >= 0.3 is 0 Å². The van der Waals surface area contributed by atoms with E-state index in [1.807, 2.05) is 32.9 Å². The van der Waals surface area contributed by atoms with E-state index < -0.39 is 0 Å². The van der Waals surface area contributed by atoms with Crippen molar-refractivity contribution in [2.75, 3.05) is 20.8 Å². The summed E-state index contributed by atoms with van der Waals surface area (Å²) in [7, 11) is 3.16. The van der Waals surface area contributed by atoms with Crippen LogP contribution < -0.4 is 15.0 Å². The maximum atomic E-state index is 12.6. The van der Waals surface area contributed by atoms with E-state index in [0.717, 1.165) is 35.6 Å². The molecule has 0 aliphatic carbocycles. The molecular weight excluding hydrogens is 366 g/mol. The van der Waals surface area contributed by atoms with E-state index in [0.29, 0.717) is 29.6 Å². The van der Waals surface area contributed by atoms with Crippen molar-refractivity contribution < 1.29 is 9.47 Å². The number of halogens is 1. The second kappa shape index (κ2) is 7.52. The topological polar surface area (TPSA) is 67.5 Å². The second-order valence-electron chi connectivity index (χ2n) is 7.82. The van der Waals surface area contributed by atoms with E-state index in [2.05, 4.69) is 9.88 Å². The molecular formula is C20H26ClN3O3. The van der Waals surface area contributed by atoms with Gasteiger partial charge in [0, 0.05) is 31.5 Å². The van der Waals surface area contributed by atoms with Crippen LogP contribution in [0.1, 0.15) is 43.4 Å². The minimum absolute atomic E-state index is 0.0481. The molecule has 2 aromatic rings. The highest BCUT2D eigenvalue weighted by molar-refractivity contribution is 6.33. The summed E-state index contributed by atoms with van der Waals surface area (Å²) in [5, 5.41) is 0.540. The molecule has 0 spiro atoms. The first-order chi connectivity index (χ1) is 12.7. The summed E-state index contributed by atoms with van der Waals surface area (Å²) in [6.45, 7) is 8.13. The number of nitrogens with one attached hydrogen (secondary N) is 1. The van der Waals surface area contributed by atoms with E-state index in [-0.39, 0.29) is 11.0 Å². The van der Waals surface area contributed by atoms with Gasteiger partial charge in [0.25, 0.3) is 5.56 Å². The van der Waals surface area contributed by atoms with Gasteiger partial charge < -0.3 is 14.5 Å². The molecule has 27 heavy (non-hydrogen) atoms. The van der Waals surface area contributed by atoms with Crippen molar-refractivity contribution in [1.82, 2.24) is 14.9 Å². The van der Waals surface area contributed by atoms with Crippen molar-refractivity contribution in [2.45, 2.75) is 45.7 Å². The summed E-state index contributed by atoms with van der Waals surface area (Å²) < 4.78 is 10.7. The fourth-order valence-electron chi connectivity index (χ4n) is 3.26. The summed E-state index contributed by atoms with van der Waals surface area (Å²) in [5.41, 5.74) is 2.35. The molecule has 0 unspecified atom stereocenters. The molecule has 1 N–H and O–H groups in total. The highest BCUT2D eigenvalue weighted by Gasteiger charge is 2.25. The lowest BCUT2D eigenvalue weighted by Gasteiger charge is -2.29. The predicted molar refractivity (Wildman–Crippen MR) is 106 cm³/mol. The number of hydrogen-bond acceptors (Lipinski definition) is 5. The lowest BCUT2D eigenvalue weighted by atomic mass is 9.95. The minimum atomic E-state index is -0.182. The first-order valence-corrected chi connectivity index (χ1v) is 9.36. The van der Waals surface area contributed by atoms with Crippen molar-refractivity contribution in [3.05, 3.63) is 50.2 Å². The van der Waals surface area contributed by atoms with Crippen LogP contribution in [0.25, 0.3) is 0 Å². The Morgan fingerprint density at radius 1 is 1.26 bits per heavy atom. The zero-order valence-electron chi connectivity index (χ0n) is 16.5. The predicted octanol–water partition coefficient (Wildman–Crippen LogP) is 3.30. The van der Waals surface area contributed by atoms with E-state index in [4.69, 9.17) is 26.1 Å². The van der Waals surface area contributed by atoms with Crippen LogP contribution in [0.15, 0.2) is 16.9 Å². The van der Waals surface area contributed by atoms with E-state index >= 15 is 0 Å². The van der Waals surface area contributed by atoms with E-state index in [1.54, 1.807) is 14.2 Å². The molecule has 0 bridgehead atoms. The third-order valence-corrected chi connectivity index (χ3v) is 5.23. The fourth-order valence-corrected chi connectivity index (χ4v) is 3.56. The van der Waals surface area contributed by atoms with Gasteiger partial charge in [-0.3, -0.25) is 9.69 Å². The van der Waals surface area contributed by atoms with Crippen LogP contribution in [0.3, 0.4) is 0 Å². The van der Waals surface area contributed by atoms with Crippen LogP contribution >= 0.6 is 11.6 Å². The van der Waals surface area contributed by atoms with Crippen molar-refractivity contribution in [2.24, 2.45) is 0 Å². The van der Waals surface area contributed by atoms with Crippen molar-refractivity contribution in [3.8, 4) is 11.5 Å². The summed E-state index contributed by atoms with van der Waals surface area (Å²) >= 11 is 6.50. The number of rotatable bonds is 4. The number of hydrogen-bond donors (Lipinski definition) is 1. The zero-order valence-corrected chi connectivity index (χ0v) is 17.2. The Hall–Kier alpha value is -2.05. The van der Waals surface area contributed by atoms with Gasteiger partial charge in [-0.2, -0.15) is 0 Å². The Balaban J connectivity index is 1.85. The van der Waals surface area contributed by atoms with Crippen LogP contribution in [-0.4, -0.2) is 35.6 Å². The molecule has 6 nitrogen and oxygen atoms in total. The third-order valence-electron chi connectivity index (χ3n) is 4.82. The molecule has 7 heteroatoms. The van der Waals surface area contributed by atoms with Crippen LogP contribution in [0.2, 0.25) is 5.02 Å². The van der Waals surface area contributed by atoms with Crippen molar-refractivity contribution >= 4 is 11.6 Å². The largest absolute Gasteiger partial charge is 0.493 e. The van der Waals surface area contributed by atoms with Crippen LogP contribution in [0.4, 0.5) is 0 Å². The van der Waals surface area contributed by atoms with Crippen LogP contribution in [-0.2, 0) is 24.9 Å². The quantitative estimate of drug-likeness (QED) is 0.866. The molecule has 1 aliphatic rings. The summed E-state index contributed by atoms with van der Waals surface area (Å²) in [5.74, 6) is 1.87. The van der Waals surface area contributed by atoms with Crippen molar-refractivity contribution in [3.63, 3.8) is 0 Å². The Kier molecular flexibility index (Phi) is 5.49. The Morgan fingerprint density at radius 2 is 2.00 bits per heavy atom. The maximum absolute atomic E-state index is 12.6. The normalized spacial score (nSPS) is 14.7. The maximum Gasteiger partial charge on any atom is 0.255 e. The number of methoxy groups -OCH3 is 2. The second-order valence-corrected chi connectivity index (χ2v) is 8.20. The zero-order chi connectivity index (χ0) is 19.8. The van der Waals surface area contributed by atoms with Gasteiger partial charge in [0.2, 0.25) is 0 Å². The van der Waals surface area contributed by atoms with E-state index in [9.17, 15) is 4.79 Å². The van der Waals surface area contributed by atoms with Gasteiger partial charge in [0.05, 0.1) is 30.5 Å². The number of nitrogens with zero attached hydrogens (tertiary/aromatic N) is 2. The van der Waals surface area contributed by atoms with Gasteiger partial charge in [-0.05, 0) is 11.6 Å². The molecule has 146 valence electrons. The SMILES string of the molecule is COc1ccc(CN2CCc3nc(C(C)(C)C)[nH]c(=O)c3C2)c(Cl)c1OC. The molecule has 0 saturated heterocycles. The highest BCUT2D eigenvalue weighted by atomic mass is 35.5. The van der Waals surface area contributed by atoms with Crippen molar-refractivity contribution in [1.29, 1.82) is 0 Å². The molecule has 1 aliphatic heterocycles. The molecule has 0 amide bonds. The molecule has 0 radical (unpaired) electrons. The number of benzene rings is 1. The number of aromatic amines is 1. The monoisotopic (exact) mass is 391 g/mol. The number of aromatic nitrogens is 2. The Bertz CT molecular complexity index is 903. The Labute approximate surface area is 164 Å². The van der Waals surface area contributed by atoms with E-state index in [1.165, 1.54) is 0 Å². The standard InChI is InChI=1S/C20H26ClN3O3/c1-20(2,3)19-22-14-8-9-24(11-13(14)18(25)23-19)10-12-6-7-15(26-4)17(27-5)16(12)21/h6-7H,8-11H2,1-5H3,(H,22,23,25). The van der Waals surface area contributed by atoms with Crippen LogP contribution in [0.5, 0.6) is 11.5 Å². The minimum Gasteiger partial charge on any atom is -0.493 e. The number of H-pyrrole nitrogens is 1. The average Bonchev–Trinajstić information content (AvgIpc) is 2.62.